The number of carbonyl (C=O) groups is 1. The zero-order chi connectivity index (χ0) is 16.2. The monoisotopic (exact) mass is 423 g/mol. The van der Waals surface area contributed by atoms with E-state index in [1.54, 1.807) is 18.2 Å². The molecule has 1 aromatic heterocycles. The third-order valence-electron chi connectivity index (χ3n) is 3.63. The average molecular weight is 423 g/mol. The number of H-pyrrole nitrogens is 1. The van der Waals surface area contributed by atoms with Crippen molar-refractivity contribution >= 4 is 39.5 Å². The summed E-state index contributed by atoms with van der Waals surface area (Å²) in [5.74, 6) is -0.560. The molecule has 0 atom stereocenters. The van der Waals surface area contributed by atoms with Gasteiger partial charge in [0.05, 0.1) is 12.2 Å². The molecule has 1 heterocycles. The van der Waals surface area contributed by atoms with E-state index in [4.69, 9.17) is 4.74 Å². The summed E-state index contributed by atoms with van der Waals surface area (Å²) in [5, 5.41) is 0.883. The van der Waals surface area contributed by atoms with Gasteiger partial charge < -0.3 is 9.72 Å². The summed E-state index contributed by atoms with van der Waals surface area (Å²) in [4.78, 5) is 15.0. The van der Waals surface area contributed by atoms with Crippen LogP contribution in [0.1, 0.15) is 22.3 Å². The Morgan fingerprint density at radius 3 is 2.74 bits per heavy atom. The fourth-order valence-corrected chi connectivity index (χ4v) is 2.81. The van der Waals surface area contributed by atoms with Gasteiger partial charge in [-0.25, -0.2) is 9.18 Å². The van der Waals surface area contributed by atoms with Gasteiger partial charge in [0.1, 0.15) is 5.82 Å². The summed E-state index contributed by atoms with van der Waals surface area (Å²) in [7, 11) is 0. The minimum Gasteiger partial charge on any atom is -0.462 e. The van der Waals surface area contributed by atoms with Crippen LogP contribution >= 0.6 is 22.6 Å². The number of hydrogen-bond donors (Lipinski definition) is 1. The Kier molecular flexibility index (Phi) is 4.95. The van der Waals surface area contributed by atoms with Crippen LogP contribution in [0.3, 0.4) is 0 Å². The van der Waals surface area contributed by atoms with E-state index in [0.717, 1.165) is 26.5 Å². The van der Waals surface area contributed by atoms with Crippen molar-refractivity contribution < 1.29 is 13.9 Å². The average Bonchev–Trinajstić information content (AvgIpc) is 2.94. The number of aromatic amines is 1. The summed E-state index contributed by atoms with van der Waals surface area (Å²) in [6.45, 7) is 0.340. The van der Waals surface area contributed by atoms with Crippen LogP contribution in [0.15, 0.2) is 48.7 Å². The van der Waals surface area contributed by atoms with Crippen molar-refractivity contribution in [3.63, 3.8) is 0 Å². The first-order valence-corrected chi connectivity index (χ1v) is 8.39. The molecule has 0 fully saturated rings. The fourth-order valence-electron chi connectivity index (χ4n) is 2.45. The second-order valence-electron chi connectivity index (χ2n) is 5.25. The Bertz CT molecular complexity index is 827. The Balaban J connectivity index is 1.54. The van der Waals surface area contributed by atoms with Gasteiger partial charge in [-0.15, -0.1) is 0 Å². The molecule has 0 spiro atoms. The Morgan fingerprint density at radius 2 is 1.96 bits per heavy atom. The summed E-state index contributed by atoms with van der Waals surface area (Å²) >= 11 is 2.19. The lowest BCUT2D eigenvalue weighted by molar-refractivity contribution is 0.0500. The van der Waals surface area contributed by atoms with E-state index in [2.05, 4.69) is 27.6 Å². The quantitative estimate of drug-likeness (QED) is 0.367. The molecule has 3 nitrogen and oxygen atoms in total. The minimum absolute atomic E-state index is 0.247. The summed E-state index contributed by atoms with van der Waals surface area (Å²) in [6.07, 6.45) is 3.30. The lowest BCUT2D eigenvalue weighted by Crippen LogP contribution is -2.07. The maximum atomic E-state index is 13.3. The zero-order valence-corrected chi connectivity index (χ0v) is 14.5. The van der Waals surface area contributed by atoms with Crippen molar-refractivity contribution in [2.24, 2.45) is 0 Å². The van der Waals surface area contributed by atoms with Crippen LogP contribution in [-0.2, 0) is 11.2 Å². The molecule has 3 rings (SSSR count). The van der Waals surface area contributed by atoms with E-state index in [1.807, 2.05) is 18.3 Å². The summed E-state index contributed by atoms with van der Waals surface area (Å²) < 4.78 is 19.7. The molecular weight excluding hydrogens is 408 g/mol. The molecule has 5 heteroatoms. The molecule has 0 aliphatic rings. The fraction of sp³-hybridized carbons (Fsp3) is 0.167. The Morgan fingerprint density at radius 1 is 1.17 bits per heavy atom. The number of hydrogen-bond acceptors (Lipinski definition) is 2. The highest BCUT2D eigenvalue weighted by atomic mass is 127. The van der Waals surface area contributed by atoms with Gasteiger partial charge >= 0.3 is 5.97 Å². The lowest BCUT2D eigenvalue weighted by atomic mass is 10.1. The zero-order valence-electron chi connectivity index (χ0n) is 12.3. The summed E-state index contributed by atoms with van der Waals surface area (Å²) in [5.41, 5.74) is 2.50. The lowest BCUT2D eigenvalue weighted by Gasteiger charge is -2.05. The number of rotatable bonds is 5. The number of fused-ring (bicyclic) bond motifs is 1. The van der Waals surface area contributed by atoms with E-state index in [0.29, 0.717) is 18.6 Å². The number of aromatic nitrogens is 1. The van der Waals surface area contributed by atoms with Gasteiger partial charge in [-0.05, 0) is 83.5 Å². The largest absolute Gasteiger partial charge is 0.462 e. The maximum Gasteiger partial charge on any atom is 0.338 e. The van der Waals surface area contributed by atoms with Gasteiger partial charge in [0.2, 0.25) is 0 Å². The van der Waals surface area contributed by atoms with Gasteiger partial charge in [0, 0.05) is 20.7 Å². The molecule has 0 saturated carbocycles. The van der Waals surface area contributed by atoms with E-state index >= 15 is 0 Å². The van der Waals surface area contributed by atoms with Crippen LogP contribution in [-0.4, -0.2) is 17.6 Å². The van der Waals surface area contributed by atoms with Gasteiger partial charge in [-0.1, -0.05) is 0 Å². The second kappa shape index (κ2) is 7.12. The predicted molar refractivity (Wildman–Crippen MR) is 96.0 cm³/mol. The highest BCUT2D eigenvalue weighted by Crippen LogP contribution is 2.20. The standard InChI is InChI=1S/C18H15FINO2/c19-14-5-8-17-16(10-14)13(11-21-17)2-1-9-23-18(22)12-3-6-15(20)7-4-12/h3-8,10-11,21H,1-2,9H2. The van der Waals surface area contributed by atoms with Crippen LogP contribution in [0.5, 0.6) is 0 Å². The van der Waals surface area contributed by atoms with Crippen LogP contribution in [0.4, 0.5) is 4.39 Å². The van der Waals surface area contributed by atoms with Gasteiger partial charge in [-0.3, -0.25) is 0 Å². The number of ether oxygens (including phenoxy) is 1. The first-order chi connectivity index (χ1) is 11.1. The van der Waals surface area contributed by atoms with Crippen LogP contribution in [0, 0.1) is 9.39 Å². The number of aryl methyl sites for hydroxylation is 1. The molecule has 23 heavy (non-hydrogen) atoms. The molecule has 0 aliphatic heterocycles. The molecule has 2 aromatic carbocycles. The molecule has 1 N–H and O–H groups in total. The van der Waals surface area contributed by atoms with E-state index < -0.39 is 0 Å². The number of benzene rings is 2. The van der Waals surface area contributed by atoms with E-state index in [9.17, 15) is 9.18 Å². The van der Waals surface area contributed by atoms with Crippen molar-refractivity contribution in [2.75, 3.05) is 6.61 Å². The molecule has 0 unspecified atom stereocenters. The third-order valence-corrected chi connectivity index (χ3v) is 4.35. The molecule has 118 valence electrons. The minimum atomic E-state index is -0.314. The third kappa shape index (κ3) is 3.90. The molecule has 0 saturated heterocycles. The van der Waals surface area contributed by atoms with Crippen molar-refractivity contribution in [2.45, 2.75) is 12.8 Å². The second-order valence-corrected chi connectivity index (χ2v) is 6.50. The Labute approximate surface area is 147 Å². The molecule has 3 aromatic rings. The van der Waals surface area contributed by atoms with Crippen molar-refractivity contribution in [3.05, 3.63) is 69.2 Å². The maximum absolute atomic E-state index is 13.3. The highest BCUT2D eigenvalue weighted by molar-refractivity contribution is 14.1. The van der Waals surface area contributed by atoms with Crippen molar-refractivity contribution in [1.82, 2.24) is 4.98 Å². The van der Waals surface area contributed by atoms with Gasteiger partial charge in [0.15, 0.2) is 0 Å². The Hall–Kier alpha value is -1.89. The molecule has 0 amide bonds. The number of carbonyl (C=O) groups excluding carboxylic acids is 1. The first kappa shape index (κ1) is 16.0. The first-order valence-electron chi connectivity index (χ1n) is 7.32. The number of halogens is 2. The van der Waals surface area contributed by atoms with Gasteiger partial charge in [-0.2, -0.15) is 0 Å². The molecule has 0 aliphatic carbocycles. The molecule has 0 bridgehead atoms. The summed E-state index contributed by atoms with van der Waals surface area (Å²) in [6, 6.07) is 11.9. The SMILES string of the molecule is O=C(OCCCc1c[nH]c2ccc(F)cc12)c1ccc(I)cc1. The van der Waals surface area contributed by atoms with E-state index in [-0.39, 0.29) is 11.8 Å². The molecule has 0 radical (unpaired) electrons. The smallest absolute Gasteiger partial charge is 0.338 e. The number of esters is 1. The molecular formula is C18H15FINO2. The van der Waals surface area contributed by atoms with Crippen molar-refractivity contribution in [3.8, 4) is 0 Å². The van der Waals surface area contributed by atoms with Crippen LogP contribution < -0.4 is 0 Å². The van der Waals surface area contributed by atoms with E-state index in [1.165, 1.54) is 12.1 Å². The number of nitrogens with one attached hydrogen (secondary N) is 1. The van der Waals surface area contributed by atoms with Crippen molar-refractivity contribution in [1.29, 1.82) is 0 Å². The van der Waals surface area contributed by atoms with Crippen LogP contribution in [0.25, 0.3) is 10.9 Å². The van der Waals surface area contributed by atoms with Crippen LogP contribution in [0.2, 0.25) is 0 Å². The highest BCUT2D eigenvalue weighted by Gasteiger charge is 2.08. The van der Waals surface area contributed by atoms with Gasteiger partial charge in [0.25, 0.3) is 0 Å². The topological polar surface area (TPSA) is 42.1 Å². The normalized spacial score (nSPS) is 10.9. The predicted octanol–water partition coefficient (Wildman–Crippen LogP) is 4.70.